The molecule has 0 aromatic carbocycles. The lowest BCUT2D eigenvalue weighted by Crippen LogP contribution is -2.31. The first-order valence-electron chi connectivity index (χ1n) is 5.69. The number of rotatable bonds is 4. The Morgan fingerprint density at radius 1 is 1.71 bits per heavy atom. The maximum absolute atomic E-state index is 5.59. The molecule has 5 heteroatoms. The summed E-state index contributed by atoms with van der Waals surface area (Å²) in [6, 6.07) is 4.71. The summed E-state index contributed by atoms with van der Waals surface area (Å²) in [6.07, 6.45) is 3.06. The van der Waals surface area contributed by atoms with Crippen molar-refractivity contribution >= 4 is 29.0 Å². The summed E-state index contributed by atoms with van der Waals surface area (Å²) < 4.78 is 0. The number of hydrogen-bond donors (Lipinski definition) is 1. The average molecular weight is 267 g/mol. The van der Waals surface area contributed by atoms with Crippen LogP contribution in [0.1, 0.15) is 17.7 Å². The SMILES string of the molecule is CN(Cc1ccnc(C(N)=S)c1)C1CCSC1. The van der Waals surface area contributed by atoms with Crippen molar-refractivity contribution in [3.63, 3.8) is 0 Å². The van der Waals surface area contributed by atoms with E-state index in [1.165, 1.54) is 23.5 Å². The van der Waals surface area contributed by atoms with Gasteiger partial charge in [-0.1, -0.05) is 12.2 Å². The lowest BCUT2D eigenvalue weighted by molar-refractivity contribution is 0.254. The zero-order valence-electron chi connectivity index (χ0n) is 9.93. The molecule has 0 saturated carbocycles. The standard InChI is InChI=1S/C12H17N3S2/c1-15(10-3-5-17-8-10)7-9-2-4-14-11(6-9)12(13)16/h2,4,6,10H,3,5,7-8H2,1H3,(H2,13,16). The van der Waals surface area contributed by atoms with E-state index < -0.39 is 0 Å². The Labute approximate surface area is 112 Å². The highest BCUT2D eigenvalue weighted by Gasteiger charge is 2.19. The van der Waals surface area contributed by atoms with E-state index in [4.69, 9.17) is 18.0 Å². The summed E-state index contributed by atoms with van der Waals surface area (Å²) >= 11 is 6.98. The molecule has 1 aliphatic heterocycles. The minimum atomic E-state index is 0.367. The maximum Gasteiger partial charge on any atom is 0.122 e. The third-order valence-electron chi connectivity index (χ3n) is 3.04. The van der Waals surface area contributed by atoms with Crippen molar-refractivity contribution in [2.45, 2.75) is 19.0 Å². The lowest BCUT2D eigenvalue weighted by atomic mass is 10.1. The summed E-state index contributed by atoms with van der Waals surface area (Å²) in [5.41, 5.74) is 7.53. The molecular formula is C12H17N3S2. The van der Waals surface area contributed by atoms with Gasteiger partial charge < -0.3 is 5.73 Å². The van der Waals surface area contributed by atoms with Crippen LogP contribution >= 0.6 is 24.0 Å². The van der Waals surface area contributed by atoms with E-state index in [-0.39, 0.29) is 0 Å². The lowest BCUT2D eigenvalue weighted by Gasteiger charge is -2.23. The third kappa shape index (κ3) is 3.40. The third-order valence-corrected chi connectivity index (χ3v) is 4.39. The summed E-state index contributed by atoms with van der Waals surface area (Å²) in [4.78, 5) is 6.92. The minimum Gasteiger partial charge on any atom is -0.388 e. The highest BCUT2D eigenvalue weighted by molar-refractivity contribution is 7.99. The molecule has 0 bridgehead atoms. The predicted molar refractivity (Wildman–Crippen MR) is 77.3 cm³/mol. The van der Waals surface area contributed by atoms with Crippen molar-refractivity contribution in [1.29, 1.82) is 0 Å². The minimum absolute atomic E-state index is 0.367. The molecule has 1 aliphatic rings. The predicted octanol–water partition coefficient (Wildman–Crippen LogP) is 1.65. The van der Waals surface area contributed by atoms with Crippen molar-refractivity contribution in [3.8, 4) is 0 Å². The van der Waals surface area contributed by atoms with Crippen LogP contribution in [-0.2, 0) is 6.54 Å². The Morgan fingerprint density at radius 3 is 3.18 bits per heavy atom. The molecule has 1 aromatic rings. The molecule has 0 radical (unpaired) electrons. The Bertz CT molecular complexity index is 402. The molecule has 1 unspecified atom stereocenters. The summed E-state index contributed by atoms with van der Waals surface area (Å²) in [5, 5.41) is 0. The van der Waals surface area contributed by atoms with Crippen LogP contribution in [0, 0.1) is 0 Å². The molecule has 1 atom stereocenters. The quantitative estimate of drug-likeness (QED) is 0.840. The zero-order chi connectivity index (χ0) is 12.3. The molecule has 1 fully saturated rings. The van der Waals surface area contributed by atoms with E-state index in [0.29, 0.717) is 16.7 Å². The van der Waals surface area contributed by atoms with Gasteiger partial charge in [-0.3, -0.25) is 9.88 Å². The molecule has 0 amide bonds. The summed E-state index contributed by atoms with van der Waals surface area (Å²) in [5.74, 6) is 2.52. The maximum atomic E-state index is 5.59. The molecular weight excluding hydrogens is 250 g/mol. The fourth-order valence-electron chi connectivity index (χ4n) is 1.99. The van der Waals surface area contributed by atoms with Crippen LogP contribution in [0.15, 0.2) is 18.3 Å². The number of pyridine rings is 1. The van der Waals surface area contributed by atoms with Gasteiger partial charge in [-0.25, -0.2) is 0 Å². The number of hydrogen-bond acceptors (Lipinski definition) is 4. The first-order valence-corrected chi connectivity index (χ1v) is 7.26. The van der Waals surface area contributed by atoms with Crippen LogP contribution in [0.25, 0.3) is 0 Å². The van der Waals surface area contributed by atoms with Crippen LogP contribution in [0.5, 0.6) is 0 Å². The molecule has 2 N–H and O–H groups in total. The van der Waals surface area contributed by atoms with Crippen molar-refractivity contribution in [2.24, 2.45) is 5.73 Å². The molecule has 1 aromatic heterocycles. The van der Waals surface area contributed by atoms with Gasteiger partial charge in [-0.05, 0) is 36.9 Å². The second-order valence-electron chi connectivity index (χ2n) is 4.35. The fraction of sp³-hybridized carbons (Fsp3) is 0.500. The van der Waals surface area contributed by atoms with Crippen molar-refractivity contribution in [1.82, 2.24) is 9.88 Å². The highest BCUT2D eigenvalue weighted by atomic mass is 32.2. The fourth-order valence-corrected chi connectivity index (χ4v) is 3.40. The van der Waals surface area contributed by atoms with Gasteiger partial charge in [-0.2, -0.15) is 11.8 Å². The van der Waals surface area contributed by atoms with E-state index in [1.807, 2.05) is 23.9 Å². The Balaban J connectivity index is 2.02. The average Bonchev–Trinajstić information content (AvgIpc) is 2.82. The molecule has 1 saturated heterocycles. The van der Waals surface area contributed by atoms with Gasteiger partial charge in [0.05, 0.1) is 5.69 Å². The van der Waals surface area contributed by atoms with Crippen molar-refractivity contribution in [3.05, 3.63) is 29.6 Å². The van der Waals surface area contributed by atoms with Gasteiger partial charge in [0.2, 0.25) is 0 Å². The second-order valence-corrected chi connectivity index (χ2v) is 5.94. The van der Waals surface area contributed by atoms with Gasteiger partial charge in [0.1, 0.15) is 4.99 Å². The molecule has 17 heavy (non-hydrogen) atoms. The van der Waals surface area contributed by atoms with Crippen LogP contribution in [-0.4, -0.2) is 39.5 Å². The Kier molecular flexibility index (Phi) is 4.36. The van der Waals surface area contributed by atoms with Gasteiger partial charge in [-0.15, -0.1) is 0 Å². The number of thioether (sulfide) groups is 1. The monoisotopic (exact) mass is 267 g/mol. The number of thiocarbonyl (C=S) groups is 1. The van der Waals surface area contributed by atoms with Gasteiger partial charge in [0, 0.05) is 24.5 Å². The van der Waals surface area contributed by atoms with Crippen molar-refractivity contribution in [2.75, 3.05) is 18.6 Å². The van der Waals surface area contributed by atoms with Gasteiger partial charge in [0.25, 0.3) is 0 Å². The van der Waals surface area contributed by atoms with E-state index in [9.17, 15) is 0 Å². The summed E-state index contributed by atoms with van der Waals surface area (Å²) in [6.45, 7) is 0.934. The number of nitrogens with zero attached hydrogens (tertiary/aromatic N) is 2. The smallest absolute Gasteiger partial charge is 0.122 e. The van der Waals surface area contributed by atoms with Crippen LogP contribution in [0.3, 0.4) is 0 Å². The summed E-state index contributed by atoms with van der Waals surface area (Å²) in [7, 11) is 2.18. The van der Waals surface area contributed by atoms with E-state index in [1.54, 1.807) is 6.20 Å². The second kappa shape index (κ2) is 5.80. The normalized spacial score (nSPS) is 19.8. The largest absolute Gasteiger partial charge is 0.388 e. The number of nitrogens with two attached hydrogens (primary N) is 1. The van der Waals surface area contributed by atoms with Crippen LogP contribution < -0.4 is 5.73 Å². The first kappa shape index (κ1) is 12.8. The van der Waals surface area contributed by atoms with Crippen LogP contribution in [0.2, 0.25) is 0 Å². The Morgan fingerprint density at radius 2 is 2.53 bits per heavy atom. The first-order chi connectivity index (χ1) is 8.16. The van der Waals surface area contributed by atoms with Gasteiger partial charge in [0.15, 0.2) is 0 Å². The zero-order valence-corrected chi connectivity index (χ0v) is 11.6. The van der Waals surface area contributed by atoms with E-state index in [0.717, 1.165) is 6.54 Å². The molecule has 0 aliphatic carbocycles. The van der Waals surface area contributed by atoms with E-state index in [2.05, 4.69) is 16.9 Å². The molecule has 0 spiro atoms. The molecule has 92 valence electrons. The topological polar surface area (TPSA) is 42.2 Å². The number of aromatic nitrogens is 1. The van der Waals surface area contributed by atoms with Crippen LogP contribution in [0.4, 0.5) is 0 Å². The van der Waals surface area contributed by atoms with Crippen molar-refractivity contribution < 1.29 is 0 Å². The molecule has 2 rings (SSSR count). The Hall–Kier alpha value is -0.650. The molecule has 2 heterocycles. The van der Waals surface area contributed by atoms with E-state index >= 15 is 0 Å². The van der Waals surface area contributed by atoms with Gasteiger partial charge >= 0.3 is 0 Å². The molecule has 3 nitrogen and oxygen atoms in total. The highest BCUT2D eigenvalue weighted by Crippen LogP contribution is 2.22.